The SMILES string of the molecule is CCOC(=O)CN1C(=O)CS(=O)C1=Nc1cc(-n2c(=O)cc(C(F)(F)F)n(C)c2=O)c(F)cc1Cl.CCOC(=O)CN1C(=O)CSC1=Nc1cc(-n2c(=O)cc(C(F)(F)F)n(C)c2=O)c(F)cc1Cl.O=C(OO)c1cccc(Cl)c1. The summed E-state index contributed by atoms with van der Waals surface area (Å²) in [7, 11) is -0.497. The second-order valence-corrected chi connectivity index (χ2v) is 19.2. The Kier molecular flexibility index (Phi) is 20.7. The Labute approximate surface area is 463 Å². The van der Waals surface area contributed by atoms with E-state index in [1.165, 1.54) is 19.1 Å². The second kappa shape index (κ2) is 26.2. The first-order valence-electron chi connectivity index (χ1n) is 21.9. The molecule has 1 atom stereocenters. The molecule has 5 aromatic rings. The maximum absolute atomic E-state index is 14.7. The Hall–Kier alpha value is -7.52. The average Bonchev–Trinajstić information content (AvgIpc) is 3.84. The molecule has 7 rings (SSSR count). The van der Waals surface area contributed by atoms with E-state index in [1.54, 1.807) is 19.1 Å². The third kappa shape index (κ3) is 14.8. The van der Waals surface area contributed by atoms with Crippen LogP contribution < -0.4 is 22.5 Å². The van der Waals surface area contributed by atoms with Gasteiger partial charge in [0.15, 0.2) is 5.17 Å². The first-order chi connectivity index (χ1) is 37.3. The van der Waals surface area contributed by atoms with Gasteiger partial charge in [0, 0.05) is 31.3 Å². The van der Waals surface area contributed by atoms with Crippen molar-refractivity contribution in [1.29, 1.82) is 0 Å². The molecule has 0 bridgehead atoms. The van der Waals surface area contributed by atoms with Gasteiger partial charge in [0.05, 0.1) is 68.1 Å². The highest BCUT2D eigenvalue weighted by atomic mass is 35.5. The maximum Gasteiger partial charge on any atom is 0.431 e. The normalized spacial score (nSPS) is 15.4. The molecule has 2 amide bonds. The van der Waals surface area contributed by atoms with E-state index in [0.717, 1.165) is 53.9 Å². The van der Waals surface area contributed by atoms with Crippen LogP contribution in [0.1, 0.15) is 35.6 Å². The van der Waals surface area contributed by atoms with Crippen LogP contribution in [0.25, 0.3) is 11.4 Å². The van der Waals surface area contributed by atoms with E-state index in [0.29, 0.717) is 11.1 Å². The highest BCUT2D eigenvalue weighted by Gasteiger charge is 2.39. The largest absolute Gasteiger partial charge is 0.465 e. The number of benzene rings is 3. The van der Waals surface area contributed by atoms with Crippen molar-refractivity contribution in [3.63, 3.8) is 0 Å². The smallest absolute Gasteiger partial charge is 0.431 e. The van der Waals surface area contributed by atoms with E-state index in [4.69, 9.17) is 49.5 Å². The van der Waals surface area contributed by atoms with Crippen LogP contribution in [0.2, 0.25) is 15.1 Å². The number of hydrogen-bond acceptors (Lipinski definition) is 17. The topological polar surface area (TPSA) is 270 Å². The number of amidine groups is 2. The van der Waals surface area contributed by atoms with Gasteiger partial charge in [-0.05, 0) is 56.3 Å². The Morgan fingerprint density at radius 1 is 0.688 bits per heavy atom. The molecule has 1 N–H and O–H groups in total. The summed E-state index contributed by atoms with van der Waals surface area (Å²) in [5.41, 5.74) is -10.8. The van der Waals surface area contributed by atoms with E-state index in [1.807, 2.05) is 0 Å². The maximum atomic E-state index is 14.7. The lowest BCUT2D eigenvalue weighted by Gasteiger charge is -2.16. The third-order valence-corrected chi connectivity index (χ3v) is 13.4. The number of aliphatic imine (C=N–C) groups is 2. The van der Waals surface area contributed by atoms with Crippen LogP contribution in [0.4, 0.5) is 46.5 Å². The number of amides is 2. The first-order valence-corrected chi connectivity index (χ1v) is 25.3. The van der Waals surface area contributed by atoms with Crippen LogP contribution in [0, 0.1) is 11.6 Å². The number of carbonyl (C=O) groups excluding carboxylic acids is 5. The number of rotatable bonds is 11. The minimum atomic E-state index is -5.02. The Morgan fingerprint density at radius 2 is 1.15 bits per heavy atom. The number of aromatic nitrogens is 4. The van der Waals surface area contributed by atoms with Crippen molar-refractivity contribution < 1.29 is 82.9 Å². The lowest BCUT2D eigenvalue weighted by Crippen LogP contribution is -2.41. The third-order valence-electron chi connectivity index (χ3n) is 10.3. The van der Waals surface area contributed by atoms with Gasteiger partial charge in [-0.15, -0.1) is 0 Å². The summed E-state index contributed by atoms with van der Waals surface area (Å²) in [6, 6.07) is 9.39. The van der Waals surface area contributed by atoms with Crippen molar-refractivity contribution in [2.45, 2.75) is 26.2 Å². The summed E-state index contributed by atoms with van der Waals surface area (Å²) < 4.78 is 130. The van der Waals surface area contributed by atoms with Gasteiger partial charge in [-0.3, -0.25) is 56.8 Å². The van der Waals surface area contributed by atoms with E-state index in [9.17, 15) is 82.5 Å². The van der Waals surface area contributed by atoms with Gasteiger partial charge in [0.2, 0.25) is 17.0 Å². The molecule has 0 saturated carbocycles. The lowest BCUT2D eigenvalue weighted by molar-refractivity contribution is -0.182. The number of nitrogens with zero attached hydrogens (tertiary/aromatic N) is 8. The standard InChI is InChI=1S/C19H15ClF4N4O6S.C19H15ClF4N4O5S.C7H5ClO3/c1-3-34-16(31)7-27-15(30)8-35(33)17(27)25-11-5-12(10(21)4-9(11)20)28-14(29)6-13(19(22,23)24)26(2)18(28)32;1-3-33-16(31)7-27-15(30)8-34-17(27)25-11-5-12(10(21)4-9(11)20)28-14(29)6-13(19(22,23)24)26(2)18(28)32;8-6-3-1-2-5(4-6)7(9)11-10/h4-6H,3,7-8H2,1-2H3;4-6H,3,7-8H2,1-2H3;1-4,10H. The zero-order valence-electron chi connectivity index (χ0n) is 40.8. The fraction of sp³-hybridized carbons (Fsp3) is 0.267. The molecule has 3 aromatic carbocycles. The van der Waals surface area contributed by atoms with Gasteiger partial charge in [-0.2, -0.15) is 31.6 Å². The van der Waals surface area contributed by atoms with Gasteiger partial charge < -0.3 is 9.47 Å². The minimum Gasteiger partial charge on any atom is -0.465 e. The fourth-order valence-electron chi connectivity index (χ4n) is 6.74. The van der Waals surface area contributed by atoms with Crippen LogP contribution in [0.5, 0.6) is 0 Å². The predicted octanol–water partition coefficient (Wildman–Crippen LogP) is 5.93. The van der Waals surface area contributed by atoms with Crippen molar-refractivity contribution in [3.05, 3.63) is 146 Å². The predicted molar refractivity (Wildman–Crippen MR) is 270 cm³/mol. The minimum absolute atomic E-state index is 0.0143. The van der Waals surface area contributed by atoms with Gasteiger partial charge in [0.1, 0.15) is 41.9 Å². The molecule has 35 heteroatoms. The van der Waals surface area contributed by atoms with Crippen molar-refractivity contribution in [1.82, 2.24) is 28.1 Å². The first kappa shape index (κ1) is 63.3. The number of esters is 2. The molecule has 2 aliphatic rings. The van der Waals surface area contributed by atoms with Crippen molar-refractivity contribution in [2.24, 2.45) is 24.1 Å². The van der Waals surface area contributed by atoms with Gasteiger partial charge >= 0.3 is 41.6 Å². The van der Waals surface area contributed by atoms with Crippen LogP contribution in [-0.2, 0) is 70.8 Å². The summed E-state index contributed by atoms with van der Waals surface area (Å²) in [4.78, 5) is 122. The number of alkyl halides is 6. The summed E-state index contributed by atoms with van der Waals surface area (Å²) >= 11 is 18.5. The summed E-state index contributed by atoms with van der Waals surface area (Å²) in [6.07, 6.45) is -10.0. The second-order valence-electron chi connectivity index (χ2n) is 15.6. The van der Waals surface area contributed by atoms with Crippen LogP contribution in [-0.4, -0.2) is 115 Å². The molecule has 4 heterocycles. The highest BCUT2D eigenvalue weighted by molar-refractivity contribution is 8.15. The molecule has 2 saturated heterocycles. The molecule has 2 aromatic heterocycles. The van der Waals surface area contributed by atoms with E-state index < -0.39 is 139 Å². The lowest BCUT2D eigenvalue weighted by atomic mass is 10.2. The molecule has 428 valence electrons. The summed E-state index contributed by atoms with van der Waals surface area (Å²) in [5.74, 6) is -6.49. The molecule has 80 heavy (non-hydrogen) atoms. The van der Waals surface area contributed by atoms with E-state index in [-0.39, 0.29) is 76.5 Å². The number of hydrogen-bond donors (Lipinski definition) is 1. The molecule has 0 spiro atoms. The van der Waals surface area contributed by atoms with Crippen LogP contribution in [0.3, 0.4) is 0 Å². The van der Waals surface area contributed by atoms with Crippen molar-refractivity contribution in [3.8, 4) is 11.4 Å². The van der Waals surface area contributed by atoms with Gasteiger partial charge in [-0.25, -0.2) is 42.3 Å². The van der Waals surface area contributed by atoms with Crippen molar-refractivity contribution in [2.75, 3.05) is 37.8 Å². The van der Waals surface area contributed by atoms with E-state index >= 15 is 0 Å². The molecule has 0 radical (unpaired) electrons. The zero-order chi connectivity index (χ0) is 59.9. The average molecular weight is 1230 g/mol. The molecule has 2 aliphatic heterocycles. The van der Waals surface area contributed by atoms with Gasteiger partial charge in [-0.1, -0.05) is 52.6 Å². The molecule has 1 unspecified atom stereocenters. The highest BCUT2D eigenvalue weighted by Crippen LogP contribution is 2.34. The molecular weight excluding hydrogens is 1200 g/mol. The van der Waals surface area contributed by atoms with Gasteiger partial charge in [0.25, 0.3) is 11.1 Å². The summed E-state index contributed by atoms with van der Waals surface area (Å²) in [6.45, 7) is 2.15. The zero-order valence-corrected chi connectivity index (χ0v) is 44.7. The molecule has 22 nitrogen and oxygen atoms in total. The molecule has 2 fully saturated rings. The Morgan fingerprint density at radius 3 is 1.59 bits per heavy atom. The van der Waals surface area contributed by atoms with Crippen LogP contribution in [0.15, 0.2) is 89.8 Å². The summed E-state index contributed by atoms with van der Waals surface area (Å²) in [5, 5.41) is 7.33. The number of carbonyl (C=O) groups is 5. The number of ether oxygens (including phenoxy) is 2. The van der Waals surface area contributed by atoms with Crippen LogP contribution >= 0.6 is 46.6 Å². The Bertz CT molecular complexity index is 3660. The molecular formula is C45H35Cl3F8N8O14S2. The monoisotopic (exact) mass is 1230 g/mol. The fourth-order valence-corrected chi connectivity index (χ4v) is 9.33. The van der Waals surface area contributed by atoms with Crippen molar-refractivity contribution >= 4 is 109 Å². The number of halogens is 11. The molecule has 0 aliphatic carbocycles. The van der Waals surface area contributed by atoms with E-state index in [2.05, 4.69) is 14.9 Å². The quantitative estimate of drug-likeness (QED) is 0.0528. The number of thioether (sulfide) groups is 1. The Balaban J connectivity index is 0.000000247.